The summed E-state index contributed by atoms with van der Waals surface area (Å²) in [5.41, 5.74) is 2.53. The molecule has 0 bridgehead atoms. The Balaban J connectivity index is 2.17. The SMILES string of the molecule is CSC1CCCCC1n1c(=S)[nH]c2cc(F)c(C)cc21. The molecule has 0 amide bonds. The van der Waals surface area contributed by atoms with Gasteiger partial charge in [-0.15, -0.1) is 0 Å². The molecule has 1 saturated carbocycles. The second-order valence-corrected chi connectivity index (χ2v) is 7.01. The summed E-state index contributed by atoms with van der Waals surface area (Å²) in [5, 5.41) is 0.597. The quantitative estimate of drug-likeness (QED) is 0.789. The molecule has 1 aromatic carbocycles. The Morgan fingerprint density at radius 1 is 1.35 bits per heavy atom. The summed E-state index contributed by atoms with van der Waals surface area (Å²) in [4.78, 5) is 3.17. The summed E-state index contributed by atoms with van der Waals surface area (Å²) < 4.78 is 16.6. The first kappa shape index (κ1) is 14.1. The average Bonchev–Trinajstić information content (AvgIpc) is 2.74. The highest BCUT2D eigenvalue weighted by Crippen LogP contribution is 2.37. The number of nitrogens with one attached hydrogen (secondary N) is 1. The molecule has 1 aromatic heterocycles. The molecule has 1 aliphatic rings. The number of nitrogens with zero attached hydrogens (tertiary/aromatic N) is 1. The molecule has 1 heterocycles. The Kier molecular flexibility index (Phi) is 3.91. The molecule has 2 atom stereocenters. The van der Waals surface area contributed by atoms with Gasteiger partial charge >= 0.3 is 0 Å². The van der Waals surface area contributed by atoms with Crippen LogP contribution in [0.4, 0.5) is 4.39 Å². The molecular formula is C15H19FN2S2. The van der Waals surface area contributed by atoms with Crippen LogP contribution in [0.15, 0.2) is 12.1 Å². The van der Waals surface area contributed by atoms with Gasteiger partial charge in [-0.05, 0) is 55.9 Å². The highest BCUT2D eigenvalue weighted by molar-refractivity contribution is 7.99. The van der Waals surface area contributed by atoms with Crippen LogP contribution in [0.1, 0.15) is 37.3 Å². The number of benzene rings is 1. The Hall–Kier alpha value is -0.810. The smallest absolute Gasteiger partial charge is 0.178 e. The van der Waals surface area contributed by atoms with Gasteiger partial charge in [-0.1, -0.05) is 12.8 Å². The van der Waals surface area contributed by atoms with Crippen LogP contribution in [0, 0.1) is 17.5 Å². The highest BCUT2D eigenvalue weighted by atomic mass is 32.2. The second kappa shape index (κ2) is 5.53. The summed E-state index contributed by atoms with van der Waals surface area (Å²) in [5.74, 6) is -0.175. The lowest BCUT2D eigenvalue weighted by atomic mass is 9.94. The van der Waals surface area contributed by atoms with Gasteiger partial charge < -0.3 is 9.55 Å². The third-order valence-electron chi connectivity index (χ3n) is 4.30. The number of halogens is 1. The largest absolute Gasteiger partial charge is 0.330 e. The third-order valence-corrected chi connectivity index (χ3v) is 5.75. The van der Waals surface area contributed by atoms with Gasteiger partial charge in [0.2, 0.25) is 0 Å². The zero-order valence-corrected chi connectivity index (χ0v) is 13.4. The molecule has 108 valence electrons. The molecule has 20 heavy (non-hydrogen) atoms. The van der Waals surface area contributed by atoms with E-state index in [2.05, 4.69) is 15.8 Å². The van der Waals surface area contributed by atoms with Crippen molar-refractivity contribution in [2.45, 2.75) is 43.9 Å². The second-order valence-electron chi connectivity index (χ2n) is 5.54. The predicted molar refractivity (Wildman–Crippen MR) is 86.6 cm³/mol. The minimum absolute atomic E-state index is 0.175. The van der Waals surface area contributed by atoms with Crippen molar-refractivity contribution in [1.82, 2.24) is 9.55 Å². The first-order valence-electron chi connectivity index (χ1n) is 7.05. The first-order valence-corrected chi connectivity index (χ1v) is 8.74. The third kappa shape index (κ3) is 2.31. The number of aromatic amines is 1. The summed E-state index contributed by atoms with van der Waals surface area (Å²) in [6, 6.07) is 3.90. The zero-order valence-electron chi connectivity index (χ0n) is 11.8. The molecule has 2 unspecified atom stereocenters. The molecule has 1 fully saturated rings. The van der Waals surface area contributed by atoms with Crippen molar-refractivity contribution in [2.24, 2.45) is 0 Å². The molecule has 1 N–H and O–H groups in total. The van der Waals surface area contributed by atoms with Gasteiger partial charge in [0.25, 0.3) is 0 Å². The van der Waals surface area contributed by atoms with E-state index in [-0.39, 0.29) is 5.82 Å². The fourth-order valence-corrected chi connectivity index (χ4v) is 4.55. The van der Waals surface area contributed by atoms with Crippen molar-refractivity contribution in [3.63, 3.8) is 0 Å². The van der Waals surface area contributed by atoms with E-state index in [4.69, 9.17) is 12.2 Å². The first-order chi connectivity index (χ1) is 9.61. The van der Waals surface area contributed by atoms with Crippen LogP contribution in [0.5, 0.6) is 0 Å². The van der Waals surface area contributed by atoms with Crippen molar-refractivity contribution in [2.75, 3.05) is 6.26 Å². The van der Waals surface area contributed by atoms with E-state index < -0.39 is 0 Å². The monoisotopic (exact) mass is 310 g/mol. The lowest BCUT2D eigenvalue weighted by Gasteiger charge is -2.31. The Labute approximate surface area is 127 Å². The van der Waals surface area contributed by atoms with Crippen LogP contribution in [-0.4, -0.2) is 21.1 Å². The van der Waals surface area contributed by atoms with Crippen molar-refractivity contribution in [1.29, 1.82) is 0 Å². The maximum absolute atomic E-state index is 13.7. The fraction of sp³-hybridized carbons (Fsp3) is 0.533. The number of hydrogen-bond acceptors (Lipinski definition) is 2. The molecule has 0 aliphatic heterocycles. The molecule has 0 saturated heterocycles. The van der Waals surface area contributed by atoms with Crippen molar-refractivity contribution in [3.05, 3.63) is 28.3 Å². The molecular weight excluding hydrogens is 291 g/mol. The molecule has 0 radical (unpaired) electrons. The van der Waals surface area contributed by atoms with Gasteiger partial charge in [-0.2, -0.15) is 11.8 Å². The van der Waals surface area contributed by atoms with Gasteiger partial charge in [0.05, 0.1) is 11.0 Å². The van der Waals surface area contributed by atoms with Crippen LogP contribution < -0.4 is 0 Å². The van der Waals surface area contributed by atoms with Gasteiger partial charge in [0, 0.05) is 11.3 Å². The highest BCUT2D eigenvalue weighted by Gasteiger charge is 2.27. The molecule has 5 heteroatoms. The van der Waals surface area contributed by atoms with Crippen molar-refractivity contribution < 1.29 is 4.39 Å². The van der Waals surface area contributed by atoms with Gasteiger partial charge in [-0.25, -0.2) is 4.39 Å². The van der Waals surface area contributed by atoms with Gasteiger partial charge in [-0.3, -0.25) is 0 Å². The Bertz CT molecular complexity index is 689. The molecule has 0 spiro atoms. The summed E-state index contributed by atoms with van der Waals surface area (Å²) in [7, 11) is 0. The van der Waals surface area contributed by atoms with Crippen LogP contribution in [0.2, 0.25) is 0 Å². The van der Waals surface area contributed by atoms with E-state index >= 15 is 0 Å². The lowest BCUT2D eigenvalue weighted by Crippen LogP contribution is -2.25. The van der Waals surface area contributed by atoms with Gasteiger partial charge in [0.15, 0.2) is 4.77 Å². The predicted octanol–water partition coefficient (Wildman–Crippen LogP) is 4.99. The summed E-state index contributed by atoms with van der Waals surface area (Å²) in [6.45, 7) is 1.81. The minimum Gasteiger partial charge on any atom is -0.330 e. The maximum Gasteiger partial charge on any atom is 0.178 e. The normalized spacial score (nSPS) is 23.4. The van der Waals surface area contributed by atoms with E-state index in [1.807, 2.05) is 24.8 Å². The number of aryl methyl sites for hydroxylation is 1. The topological polar surface area (TPSA) is 20.7 Å². The summed E-state index contributed by atoms with van der Waals surface area (Å²) in [6.07, 6.45) is 7.11. The van der Waals surface area contributed by atoms with Crippen LogP contribution >= 0.6 is 24.0 Å². The molecule has 1 aliphatic carbocycles. The molecule has 2 aromatic rings. The van der Waals surface area contributed by atoms with Gasteiger partial charge in [0.1, 0.15) is 5.82 Å². The Morgan fingerprint density at radius 3 is 2.85 bits per heavy atom. The number of H-pyrrole nitrogens is 1. The van der Waals surface area contributed by atoms with Crippen LogP contribution in [-0.2, 0) is 0 Å². The van der Waals surface area contributed by atoms with E-state index in [1.54, 1.807) is 6.07 Å². The fourth-order valence-electron chi connectivity index (χ4n) is 3.23. The lowest BCUT2D eigenvalue weighted by molar-refractivity contribution is 0.369. The molecule has 3 rings (SSSR count). The Morgan fingerprint density at radius 2 is 2.10 bits per heavy atom. The van der Waals surface area contributed by atoms with E-state index in [9.17, 15) is 4.39 Å². The molecule has 2 nitrogen and oxygen atoms in total. The van der Waals surface area contributed by atoms with E-state index in [0.29, 0.717) is 16.9 Å². The zero-order chi connectivity index (χ0) is 14.3. The maximum atomic E-state index is 13.7. The summed E-state index contributed by atoms with van der Waals surface area (Å²) >= 11 is 7.42. The number of thioether (sulfide) groups is 1. The number of hydrogen-bond donors (Lipinski definition) is 1. The standard InChI is InChI=1S/C15H19FN2S2/c1-9-7-13-11(8-10(9)16)17-15(19)18(13)12-5-3-4-6-14(12)20-2/h7-8,12,14H,3-6H2,1-2H3,(H,17,19). The van der Waals surface area contributed by atoms with E-state index in [1.165, 1.54) is 19.3 Å². The van der Waals surface area contributed by atoms with Crippen molar-refractivity contribution in [3.8, 4) is 0 Å². The average molecular weight is 310 g/mol. The minimum atomic E-state index is -0.175. The van der Waals surface area contributed by atoms with E-state index in [0.717, 1.165) is 22.2 Å². The number of imidazole rings is 1. The number of fused-ring (bicyclic) bond motifs is 1. The van der Waals surface area contributed by atoms with Crippen LogP contribution in [0.25, 0.3) is 11.0 Å². The van der Waals surface area contributed by atoms with Crippen LogP contribution in [0.3, 0.4) is 0 Å². The number of aromatic nitrogens is 2. The van der Waals surface area contributed by atoms with Crippen molar-refractivity contribution >= 4 is 35.0 Å². The number of rotatable bonds is 2.